The molecule has 1 N–H and O–H groups in total. The number of epoxide rings is 1. The predicted octanol–water partition coefficient (Wildman–Crippen LogP) is 2.69. The molecule has 5 nitrogen and oxygen atoms in total. The molecule has 22 heavy (non-hydrogen) atoms. The van der Waals surface area contributed by atoms with Gasteiger partial charge in [0.1, 0.15) is 12.2 Å². The number of carbonyl (C=O) groups excluding carboxylic acids is 2. The number of ether oxygens (including phenoxy) is 2. The fourth-order valence-electron chi connectivity index (χ4n) is 2.23. The van der Waals surface area contributed by atoms with E-state index in [-0.39, 0.29) is 18.3 Å². The lowest BCUT2D eigenvalue weighted by atomic mass is 9.93. The third kappa shape index (κ3) is 4.56. The molecule has 0 spiro atoms. The van der Waals surface area contributed by atoms with Crippen LogP contribution in [0.3, 0.4) is 0 Å². The monoisotopic (exact) mass is 305 g/mol. The van der Waals surface area contributed by atoms with Gasteiger partial charge in [-0.1, -0.05) is 44.2 Å². The zero-order valence-electron chi connectivity index (χ0n) is 13.3. The van der Waals surface area contributed by atoms with Crippen LogP contribution in [-0.4, -0.2) is 30.1 Å². The maximum absolute atomic E-state index is 12.4. The predicted molar refractivity (Wildman–Crippen MR) is 82.4 cm³/mol. The number of alkyl carbamates (subject to hydrolysis) is 1. The van der Waals surface area contributed by atoms with Gasteiger partial charge in [0.05, 0.1) is 12.6 Å². The topological polar surface area (TPSA) is 67.9 Å². The number of benzene rings is 1. The molecule has 0 aromatic heterocycles. The van der Waals surface area contributed by atoms with Crippen molar-refractivity contribution in [1.82, 2.24) is 5.32 Å². The molecule has 0 radical (unpaired) electrons. The van der Waals surface area contributed by atoms with Crippen molar-refractivity contribution in [2.75, 3.05) is 6.61 Å². The van der Waals surface area contributed by atoms with E-state index in [9.17, 15) is 9.59 Å². The van der Waals surface area contributed by atoms with Crippen molar-refractivity contribution in [2.24, 2.45) is 5.92 Å². The SMILES string of the molecule is CC(C)CC(NC(=O)OCc1ccccc1)C(=O)C1(C)CO1. The van der Waals surface area contributed by atoms with Gasteiger partial charge in [0.2, 0.25) is 0 Å². The maximum atomic E-state index is 12.4. The molecular weight excluding hydrogens is 282 g/mol. The van der Waals surface area contributed by atoms with E-state index in [1.807, 2.05) is 44.2 Å². The molecule has 1 aliphatic rings. The van der Waals surface area contributed by atoms with Gasteiger partial charge in [0, 0.05) is 0 Å². The number of nitrogens with one attached hydrogen (secondary N) is 1. The number of hydrogen-bond acceptors (Lipinski definition) is 4. The average Bonchev–Trinajstić information content (AvgIpc) is 3.23. The lowest BCUT2D eigenvalue weighted by Gasteiger charge is -2.21. The second kappa shape index (κ2) is 6.92. The van der Waals surface area contributed by atoms with Gasteiger partial charge in [-0.05, 0) is 24.8 Å². The summed E-state index contributed by atoms with van der Waals surface area (Å²) in [6.07, 6.45) is -0.00908. The molecule has 1 aliphatic heterocycles. The van der Waals surface area contributed by atoms with Gasteiger partial charge in [-0.25, -0.2) is 4.79 Å². The van der Waals surface area contributed by atoms with E-state index in [4.69, 9.17) is 9.47 Å². The Kier molecular flexibility index (Phi) is 5.19. The summed E-state index contributed by atoms with van der Waals surface area (Å²) >= 11 is 0. The van der Waals surface area contributed by atoms with Gasteiger partial charge >= 0.3 is 6.09 Å². The van der Waals surface area contributed by atoms with Gasteiger partial charge in [0.25, 0.3) is 0 Å². The van der Waals surface area contributed by atoms with Crippen molar-refractivity contribution in [3.63, 3.8) is 0 Å². The van der Waals surface area contributed by atoms with Crippen LogP contribution in [0.15, 0.2) is 30.3 Å². The Morgan fingerprint density at radius 1 is 1.32 bits per heavy atom. The van der Waals surface area contributed by atoms with Crippen molar-refractivity contribution in [3.05, 3.63) is 35.9 Å². The van der Waals surface area contributed by atoms with Crippen LogP contribution in [0.1, 0.15) is 32.8 Å². The quantitative estimate of drug-likeness (QED) is 0.786. The Hall–Kier alpha value is -1.88. The molecule has 1 amide bonds. The number of hydrogen-bond donors (Lipinski definition) is 1. The highest BCUT2D eigenvalue weighted by atomic mass is 16.6. The van der Waals surface area contributed by atoms with E-state index in [0.717, 1.165) is 5.56 Å². The molecular formula is C17H23NO4. The van der Waals surface area contributed by atoms with Crippen LogP contribution in [0, 0.1) is 5.92 Å². The fourth-order valence-corrected chi connectivity index (χ4v) is 2.23. The van der Waals surface area contributed by atoms with Gasteiger partial charge < -0.3 is 14.8 Å². The summed E-state index contributed by atoms with van der Waals surface area (Å²) in [5.41, 5.74) is 0.161. The Morgan fingerprint density at radius 2 is 1.95 bits per heavy atom. The highest BCUT2D eigenvalue weighted by molar-refractivity contribution is 5.95. The Balaban J connectivity index is 1.89. The summed E-state index contributed by atoms with van der Waals surface area (Å²) in [5, 5.41) is 2.67. The minimum atomic E-state index is -0.744. The first-order valence-corrected chi connectivity index (χ1v) is 7.56. The number of rotatable bonds is 7. The van der Waals surface area contributed by atoms with Crippen LogP contribution in [-0.2, 0) is 20.9 Å². The lowest BCUT2D eigenvalue weighted by molar-refractivity contribution is -0.125. The van der Waals surface area contributed by atoms with E-state index >= 15 is 0 Å². The molecule has 1 aromatic carbocycles. The van der Waals surface area contributed by atoms with Crippen LogP contribution in [0.5, 0.6) is 0 Å². The Bertz CT molecular complexity index is 523. The van der Waals surface area contributed by atoms with Gasteiger partial charge in [-0.2, -0.15) is 0 Å². The van der Waals surface area contributed by atoms with E-state index in [0.29, 0.717) is 13.0 Å². The van der Waals surface area contributed by atoms with Gasteiger partial charge in [-0.15, -0.1) is 0 Å². The van der Waals surface area contributed by atoms with Crippen LogP contribution >= 0.6 is 0 Å². The number of carbonyl (C=O) groups is 2. The number of ketones is 1. The second-order valence-corrected chi connectivity index (χ2v) is 6.27. The van der Waals surface area contributed by atoms with E-state index in [1.54, 1.807) is 6.92 Å². The van der Waals surface area contributed by atoms with Crippen molar-refractivity contribution >= 4 is 11.9 Å². The third-order valence-corrected chi connectivity index (χ3v) is 3.63. The molecule has 1 fully saturated rings. The highest BCUT2D eigenvalue weighted by Gasteiger charge is 2.50. The first kappa shape index (κ1) is 16.5. The minimum absolute atomic E-state index is 0.0853. The molecule has 0 aliphatic carbocycles. The molecule has 0 saturated carbocycles. The highest BCUT2D eigenvalue weighted by Crippen LogP contribution is 2.29. The number of amides is 1. The average molecular weight is 305 g/mol. The van der Waals surface area contributed by atoms with Crippen LogP contribution in [0.4, 0.5) is 4.79 Å². The fraction of sp³-hybridized carbons (Fsp3) is 0.529. The van der Waals surface area contributed by atoms with E-state index in [2.05, 4.69) is 5.32 Å². The maximum Gasteiger partial charge on any atom is 0.408 e. The summed E-state index contributed by atoms with van der Waals surface area (Å²) in [6.45, 7) is 6.37. The summed E-state index contributed by atoms with van der Waals surface area (Å²) in [6, 6.07) is 8.85. The zero-order valence-corrected chi connectivity index (χ0v) is 13.3. The van der Waals surface area contributed by atoms with Crippen molar-refractivity contribution in [2.45, 2.75) is 45.4 Å². The van der Waals surface area contributed by atoms with E-state index in [1.165, 1.54) is 0 Å². The molecule has 2 rings (SSSR count). The van der Waals surface area contributed by atoms with Crippen LogP contribution < -0.4 is 5.32 Å². The van der Waals surface area contributed by atoms with Crippen molar-refractivity contribution in [1.29, 1.82) is 0 Å². The van der Waals surface area contributed by atoms with Gasteiger partial charge in [-0.3, -0.25) is 4.79 Å². The summed E-state index contributed by atoms with van der Waals surface area (Å²) in [5.74, 6) is 0.198. The summed E-state index contributed by atoms with van der Waals surface area (Å²) < 4.78 is 10.4. The molecule has 120 valence electrons. The standard InChI is InChI=1S/C17H23NO4/c1-12(2)9-14(15(19)17(3)11-22-17)18-16(20)21-10-13-7-5-4-6-8-13/h4-8,12,14H,9-11H2,1-3H3,(H,18,20). The van der Waals surface area contributed by atoms with E-state index < -0.39 is 17.7 Å². The Morgan fingerprint density at radius 3 is 2.50 bits per heavy atom. The summed E-state index contributed by atoms with van der Waals surface area (Å²) in [4.78, 5) is 24.3. The number of Topliss-reactive ketones (excluding diaryl/α,β-unsaturated/α-hetero) is 1. The Labute approximate surface area is 131 Å². The zero-order chi connectivity index (χ0) is 16.2. The molecule has 1 aromatic rings. The minimum Gasteiger partial charge on any atom is -0.445 e. The molecule has 1 saturated heterocycles. The molecule has 5 heteroatoms. The normalized spacial score (nSPS) is 21.3. The summed E-state index contributed by atoms with van der Waals surface area (Å²) in [7, 11) is 0. The first-order chi connectivity index (χ1) is 10.4. The molecule has 1 heterocycles. The second-order valence-electron chi connectivity index (χ2n) is 6.27. The molecule has 2 atom stereocenters. The van der Waals surface area contributed by atoms with Gasteiger partial charge in [0.15, 0.2) is 5.78 Å². The third-order valence-electron chi connectivity index (χ3n) is 3.63. The smallest absolute Gasteiger partial charge is 0.408 e. The van der Waals surface area contributed by atoms with Crippen molar-refractivity contribution < 1.29 is 19.1 Å². The van der Waals surface area contributed by atoms with Crippen molar-refractivity contribution in [3.8, 4) is 0 Å². The molecule has 2 unspecified atom stereocenters. The largest absolute Gasteiger partial charge is 0.445 e. The first-order valence-electron chi connectivity index (χ1n) is 7.56. The van der Waals surface area contributed by atoms with Crippen LogP contribution in [0.2, 0.25) is 0 Å². The van der Waals surface area contributed by atoms with Crippen LogP contribution in [0.25, 0.3) is 0 Å². The lowest BCUT2D eigenvalue weighted by Crippen LogP contribution is -2.46. The molecule has 0 bridgehead atoms.